The molecule has 62 heavy (non-hydrogen) atoms. The molecule has 0 aromatic rings. The summed E-state index contributed by atoms with van der Waals surface area (Å²) in [5.41, 5.74) is 0. The molecule has 6 heteroatoms. The highest BCUT2D eigenvalue weighted by Crippen LogP contribution is 2.17. The van der Waals surface area contributed by atoms with Gasteiger partial charge in [0.2, 0.25) is 5.91 Å². The van der Waals surface area contributed by atoms with Crippen molar-refractivity contribution < 1.29 is 24.5 Å². The van der Waals surface area contributed by atoms with Crippen LogP contribution in [0.1, 0.15) is 309 Å². The Labute approximate surface area is 387 Å². The van der Waals surface area contributed by atoms with Crippen LogP contribution in [-0.4, -0.2) is 47.4 Å². The molecule has 2 unspecified atom stereocenters. The number of rotatable bonds is 52. The SMILES string of the molecule is CCCCCCCCC/C=C\CCCCCCCCCC(=O)OCCCCCCCCCCCCC(=O)NC(CO)C(O)CCCCCCCCCCCCCCCCCCC. The number of allylic oxidation sites excluding steroid dienone is 2. The zero-order valence-corrected chi connectivity index (χ0v) is 41.9. The third-order valence-corrected chi connectivity index (χ3v) is 13.1. The molecule has 0 radical (unpaired) electrons. The second-order valence-electron chi connectivity index (χ2n) is 19.3. The van der Waals surface area contributed by atoms with E-state index in [-0.39, 0.29) is 18.5 Å². The molecule has 368 valence electrons. The van der Waals surface area contributed by atoms with Gasteiger partial charge in [0.15, 0.2) is 0 Å². The van der Waals surface area contributed by atoms with E-state index >= 15 is 0 Å². The summed E-state index contributed by atoms with van der Waals surface area (Å²) in [7, 11) is 0. The van der Waals surface area contributed by atoms with Crippen LogP contribution in [0, 0.1) is 0 Å². The highest BCUT2D eigenvalue weighted by Gasteiger charge is 2.20. The Hall–Kier alpha value is -1.40. The maximum atomic E-state index is 12.5. The fourth-order valence-corrected chi connectivity index (χ4v) is 8.75. The van der Waals surface area contributed by atoms with Crippen LogP contribution >= 0.6 is 0 Å². The van der Waals surface area contributed by atoms with Crippen LogP contribution in [0.4, 0.5) is 0 Å². The van der Waals surface area contributed by atoms with Gasteiger partial charge in [-0.1, -0.05) is 257 Å². The topological polar surface area (TPSA) is 95.9 Å². The number of hydrogen-bond acceptors (Lipinski definition) is 5. The quantitative estimate of drug-likeness (QED) is 0.0321. The first-order valence-corrected chi connectivity index (χ1v) is 27.9. The van der Waals surface area contributed by atoms with Gasteiger partial charge in [0, 0.05) is 12.8 Å². The van der Waals surface area contributed by atoms with Crippen LogP contribution in [0.2, 0.25) is 0 Å². The Morgan fingerprint density at radius 2 is 0.758 bits per heavy atom. The van der Waals surface area contributed by atoms with Crippen molar-refractivity contribution in [2.75, 3.05) is 13.2 Å². The lowest BCUT2D eigenvalue weighted by atomic mass is 10.0. The number of aliphatic hydroxyl groups excluding tert-OH is 2. The fraction of sp³-hybridized carbons (Fsp3) is 0.929. The van der Waals surface area contributed by atoms with E-state index in [0.29, 0.717) is 25.9 Å². The minimum Gasteiger partial charge on any atom is -0.466 e. The van der Waals surface area contributed by atoms with E-state index in [1.807, 2.05) is 0 Å². The van der Waals surface area contributed by atoms with Gasteiger partial charge in [-0.3, -0.25) is 9.59 Å². The Kier molecular flexibility index (Phi) is 51.0. The number of carbonyl (C=O) groups is 2. The van der Waals surface area contributed by atoms with Gasteiger partial charge in [0.05, 0.1) is 25.4 Å². The Morgan fingerprint density at radius 1 is 0.435 bits per heavy atom. The van der Waals surface area contributed by atoms with E-state index < -0.39 is 12.1 Å². The Balaban J connectivity index is 3.46. The molecule has 0 aromatic carbocycles. The monoisotopic (exact) mass is 876 g/mol. The zero-order valence-electron chi connectivity index (χ0n) is 41.9. The third-order valence-electron chi connectivity index (χ3n) is 13.1. The van der Waals surface area contributed by atoms with Crippen LogP contribution in [0.15, 0.2) is 12.2 Å². The van der Waals surface area contributed by atoms with Crippen molar-refractivity contribution in [2.24, 2.45) is 0 Å². The standard InChI is InChI=1S/C56H109NO5/c1-3-5-7-9-11-13-15-17-19-21-23-25-27-29-34-38-42-46-50-56(61)62-51-47-43-39-35-31-30-33-37-41-45-49-55(60)57-53(52-58)54(59)48-44-40-36-32-28-26-24-22-20-18-16-14-12-10-8-6-4-2/h19,21,53-54,58-59H,3-18,20,22-52H2,1-2H3,(H,57,60)/b21-19-. The molecule has 0 fully saturated rings. The summed E-state index contributed by atoms with van der Waals surface area (Å²) in [5.74, 6) is -0.0763. The molecule has 0 aliphatic rings. The molecule has 3 N–H and O–H groups in total. The Morgan fingerprint density at radius 3 is 1.15 bits per heavy atom. The van der Waals surface area contributed by atoms with Crippen molar-refractivity contribution in [3.8, 4) is 0 Å². The molecular formula is C56H109NO5. The number of ether oxygens (including phenoxy) is 1. The summed E-state index contributed by atoms with van der Waals surface area (Å²) >= 11 is 0. The zero-order chi connectivity index (χ0) is 45.1. The van der Waals surface area contributed by atoms with Gasteiger partial charge < -0.3 is 20.3 Å². The molecule has 0 rings (SSSR count). The molecule has 0 aliphatic carbocycles. The largest absolute Gasteiger partial charge is 0.466 e. The molecule has 0 heterocycles. The van der Waals surface area contributed by atoms with Gasteiger partial charge in [-0.25, -0.2) is 0 Å². The molecule has 0 saturated carbocycles. The second-order valence-corrected chi connectivity index (χ2v) is 19.3. The molecule has 0 bridgehead atoms. The lowest BCUT2D eigenvalue weighted by molar-refractivity contribution is -0.143. The first-order chi connectivity index (χ1) is 30.5. The van der Waals surface area contributed by atoms with Crippen molar-refractivity contribution in [3.05, 3.63) is 12.2 Å². The fourth-order valence-electron chi connectivity index (χ4n) is 8.75. The summed E-state index contributed by atoms with van der Waals surface area (Å²) in [6.45, 7) is 4.92. The van der Waals surface area contributed by atoms with E-state index in [1.165, 1.54) is 218 Å². The number of carbonyl (C=O) groups excluding carboxylic acids is 2. The normalized spacial score (nSPS) is 12.6. The van der Waals surface area contributed by atoms with Crippen molar-refractivity contribution in [3.63, 3.8) is 0 Å². The maximum absolute atomic E-state index is 12.5. The molecule has 0 saturated heterocycles. The molecule has 0 aromatic heterocycles. The second kappa shape index (κ2) is 52.2. The molecule has 6 nitrogen and oxygen atoms in total. The highest BCUT2D eigenvalue weighted by atomic mass is 16.5. The minimum absolute atomic E-state index is 0.0209. The van der Waals surface area contributed by atoms with Gasteiger partial charge in [0.1, 0.15) is 0 Å². The van der Waals surface area contributed by atoms with Crippen molar-refractivity contribution in [2.45, 2.75) is 321 Å². The first kappa shape index (κ1) is 60.6. The number of nitrogens with one attached hydrogen (secondary N) is 1. The number of hydrogen-bond donors (Lipinski definition) is 3. The average Bonchev–Trinajstić information content (AvgIpc) is 3.27. The number of esters is 1. The molecule has 2 atom stereocenters. The maximum Gasteiger partial charge on any atom is 0.305 e. The molecular weight excluding hydrogens is 767 g/mol. The third kappa shape index (κ3) is 48.1. The van der Waals surface area contributed by atoms with Crippen molar-refractivity contribution >= 4 is 11.9 Å². The first-order valence-electron chi connectivity index (χ1n) is 27.9. The summed E-state index contributed by atoms with van der Waals surface area (Å²) in [5, 5.41) is 23.3. The van der Waals surface area contributed by atoms with Crippen molar-refractivity contribution in [1.29, 1.82) is 0 Å². The van der Waals surface area contributed by atoms with Gasteiger partial charge in [0.25, 0.3) is 0 Å². The van der Waals surface area contributed by atoms with Gasteiger partial charge in [-0.05, 0) is 51.4 Å². The molecule has 0 aliphatic heterocycles. The predicted octanol–water partition coefficient (Wildman–Crippen LogP) is 16.9. The van der Waals surface area contributed by atoms with Gasteiger partial charge in [-0.15, -0.1) is 0 Å². The van der Waals surface area contributed by atoms with Gasteiger partial charge in [-0.2, -0.15) is 0 Å². The Bertz CT molecular complexity index is 924. The predicted molar refractivity (Wildman–Crippen MR) is 269 cm³/mol. The van der Waals surface area contributed by atoms with Crippen LogP contribution in [0.25, 0.3) is 0 Å². The lowest BCUT2D eigenvalue weighted by Gasteiger charge is -2.22. The summed E-state index contributed by atoms with van der Waals surface area (Å²) in [6.07, 6.45) is 60.4. The van der Waals surface area contributed by atoms with Crippen LogP contribution in [0.5, 0.6) is 0 Å². The smallest absolute Gasteiger partial charge is 0.305 e. The van der Waals surface area contributed by atoms with E-state index in [1.54, 1.807) is 0 Å². The minimum atomic E-state index is -0.679. The number of amides is 1. The average molecular weight is 876 g/mol. The number of unbranched alkanes of at least 4 members (excludes halogenated alkanes) is 39. The van der Waals surface area contributed by atoms with Crippen molar-refractivity contribution in [1.82, 2.24) is 5.32 Å². The van der Waals surface area contributed by atoms with E-state index in [9.17, 15) is 19.8 Å². The van der Waals surface area contributed by atoms with E-state index in [4.69, 9.17) is 4.74 Å². The summed E-state index contributed by atoms with van der Waals surface area (Å²) in [4.78, 5) is 24.5. The summed E-state index contributed by atoms with van der Waals surface area (Å²) in [6, 6.07) is -0.558. The lowest BCUT2D eigenvalue weighted by Crippen LogP contribution is -2.45. The number of aliphatic hydroxyl groups is 2. The summed E-state index contributed by atoms with van der Waals surface area (Å²) < 4.78 is 5.47. The molecule has 0 spiro atoms. The van der Waals surface area contributed by atoms with Crippen LogP contribution in [0.3, 0.4) is 0 Å². The molecule has 1 amide bonds. The van der Waals surface area contributed by atoms with Crippen LogP contribution < -0.4 is 5.32 Å². The van der Waals surface area contributed by atoms with E-state index in [2.05, 4.69) is 31.3 Å². The van der Waals surface area contributed by atoms with E-state index in [0.717, 1.165) is 57.8 Å². The van der Waals surface area contributed by atoms with Crippen LogP contribution in [-0.2, 0) is 14.3 Å². The highest BCUT2D eigenvalue weighted by molar-refractivity contribution is 5.76. The van der Waals surface area contributed by atoms with Gasteiger partial charge >= 0.3 is 5.97 Å².